The van der Waals surface area contributed by atoms with E-state index in [4.69, 9.17) is 0 Å². The molecular weight excluding hydrogens is 266 g/mol. The molecule has 0 aromatic carbocycles. The van der Waals surface area contributed by atoms with Crippen LogP contribution in [-0.2, 0) is 9.59 Å². The second-order valence-electron chi connectivity index (χ2n) is 5.31. The molecule has 2 amide bonds. The van der Waals surface area contributed by atoms with Crippen LogP contribution in [0.5, 0.6) is 0 Å². The van der Waals surface area contributed by atoms with Gasteiger partial charge in [-0.25, -0.2) is 0 Å². The summed E-state index contributed by atoms with van der Waals surface area (Å²) in [5, 5.41) is 3.22. The molecule has 0 radical (unpaired) electrons. The Kier molecular flexibility index (Phi) is 6.58. The van der Waals surface area contributed by atoms with Gasteiger partial charge in [0, 0.05) is 39.1 Å². The number of halogens is 1. The Morgan fingerprint density at radius 1 is 1.21 bits per heavy atom. The summed E-state index contributed by atoms with van der Waals surface area (Å²) in [6.07, 6.45) is 4.28. The fourth-order valence-electron chi connectivity index (χ4n) is 2.78. The molecular formula is C13H24ClN3O2. The van der Waals surface area contributed by atoms with Crippen LogP contribution in [-0.4, -0.2) is 61.4 Å². The molecule has 0 bridgehead atoms. The molecule has 1 saturated carbocycles. The Labute approximate surface area is 121 Å². The fraction of sp³-hybridized carbons (Fsp3) is 0.846. The number of rotatable bonds is 3. The van der Waals surface area contributed by atoms with E-state index in [1.54, 1.807) is 11.9 Å². The normalized spacial score (nSPS) is 19.9. The number of hydrogen-bond donors (Lipinski definition) is 1. The maximum Gasteiger partial charge on any atom is 0.242 e. The van der Waals surface area contributed by atoms with Gasteiger partial charge < -0.3 is 15.1 Å². The van der Waals surface area contributed by atoms with E-state index in [9.17, 15) is 9.59 Å². The fourth-order valence-corrected chi connectivity index (χ4v) is 2.78. The molecule has 0 unspecified atom stereocenters. The summed E-state index contributed by atoms with van der Waals surface area (Å²) in [4.78, 5) is 27.6. The first-order valence-corrected chi connectivity index (χ1v) is 6.92. The standard InChI is InChI=1S/C13H23N3O2.ClH/c1-15(13(18)11-4-2-3-5-11)10-12(17)16-8-6-14-7-9-16;/h11,14H,2-10H2,1H3;1H. The van der Waals surface area contributed by atoms with Crippen LogP contribution in [0.3, 0.4) is 0 Å². The van der Waals surface area contributed by atoms with Crippen molar-refractivity contribution in [2.24, 2.45) is 5.92 Å². The highest BCUT2D eigenvalue weighted by atomic mass is 35.5. The van der Waals surface area contributed by atoms with Crippen LogP contribution in [0, 0.1) is 5.92 Å². The molecule has 110 valence electrons. The minimum Gasteiger partial charge on any atom is -0.339 e. The van der Waals surface area contributed by atoms with Gasteiger partial charge in [0.15, 0.2) is 0 Å². The molecule has 5 nitrogen and oxygen atoms in total. The predicted molar refractivity (Wildman–Crippen MR) is 76.3 cm³/mol. The summed E-state index contributed by atoms with van der Waals surface area (Å²) in [5.74, 6) is 0.382. The van der Waals surface area contributed by atoms with Gasteiger partial charge in [0.2, 0.25) is 11.8 Å². The van der Waals surface area contributed by atoms with Gasteiger partial charge in [-0.15, -0.1) is 12.4 Å². The van der Waals surface area contributed by atoms with Crippen LogP contribution in [0.2, 0.25) is 0 Å². The summed E-state index contributed by atoms with van der Waals surface area (Å²) < 4.78 is 0. The first-order valence-electron chi connectivity index (χ1n) is 6.92. The molecule has 1 N–H and O–H groups in total. The summed E-state index contributed by atoms with van der Waals surface area (Å²) in [7, 11) is 1.75. The first-order chi connectivity index (χ1) is 8.68. The quantitative estimate of drug-likeness (QED) is 0.823. The van der Waals surface area contributed by atoms with Crippen molar-refractivity contribution < 1.29 is 9.59 Å². The molecule has 1 aliphatic carbocycles. The molecule has 0 aromatic rings. The Hall–Kier alpha value is -0.810. The molecule has 0 atom stereocenters. The van der Waals surface area contributed by atoms with Crippen molar-refractivity contribution in [1.29, 1.82) is 0 Å². The number of carbonyl (C=O) groups is 2. The van der Waals surface area contributed by atoms with Gasteiger partial charge in [-0.3, -0.25) is 9.59 Å². The van der Waals surface area contributed by atoms with E-state index in [1.165, 1.54) is 0 Å². The number of amides is 2. The number of likely N-dealkylation sites (N-methyl/N-ethyl adjacent to an activating group) is 1. The van der Waals surface area contributed by atoms with Gasteiger partial charge in [-0.1, -0.05) is 12.8 Å². The average molecular weight is 290 g/mol. The van der Waals surface area contributed by atoms with Crippen LogP contribution in [0.25, 0.3) is 0 Å². The van der Waals surface area contributed by atoms with Gasteiger partial charge in [0.05, 0.1) is 6.54 Å². The molecule has 2 fully saturated rings. The molecule has 19 heavy (non-hydrogen) atoms. The van der Waals surface area contributed by atoms with Gasteiger partial charge in [-0.2, -0.15) is 0 Å². The number of carbonyl (C=O) groups excluding carboxylic acids is 2. The lowest BCUT2D eigenvalue weighted by molar-refractivity contribution is -0.141. The van der Waals surface area contributed by atoms with Crippen molar-refractivity contribution in [3.05, 3.63) is 0 Å². The third-order valence-electron chi connectivity index (χ3n) is 3.92. The van der Waals surface area contributed by atoms with Crippen molar-refractivity contribution >= 4 is 24.2 Å². The number of piperazine rings is 1. The number of hydrogen-bond acceptors (Lipinski definition) is 3. The first kappa shape index (κ1) is 16.2. The zero-order valence-electron chi connectivity index (χ0n) is 11.6. The monoisotopic (exact) mass is 289 g/mol. The van der Waals surface area contributed by atoms with E-state index in [1.807, 2.05) is 4.90 Å². The molecule has 1 saturated heterocycles. The molecule has 0 spiro atoms. The average Bonchev–Trinajstić information content (AvgIpc) is 2.92. The lowest BCUT2D eigenvalue weighted by atomic mass is 10.1. The molecule has 1 aliphatic heterocycles. The highest BCUT2D eigenvalue weighted by Gasteiger charge is 2.27. The molecule has 6 heteroatoms. The lowest BCUT2D eigenvalue weighted by Crippen LogP contribution is -2.50. The van der Waals surface area contributed by atoms with Crippen LogP contribution < -0.4 is 5.32 Å². The lowest BCUT2D eigenvalue weighted by Gasteiger charge is -2.29. The third kappa shape index (κ3) is 4.35. The molecule has 2 rings (SSSR count). The maximum absolute atomic E-state index is 12.1. The van der Waals surface area contributed by atoms with Crippen molar-refractivity contribution in [1.82, 2.24) is 15.1 Å². The predicted octanol–water partition coefficient (Wildman–Crippen LogP) is 0.489. The van der Waals surface area contributed by atoms with E-state index in [2.05, 4.69) is 5.32 Å². The van der Waals surface area contributed by atoms with Crippen molar-refractivity contribution in [3.63, 3.8) is 0 Å². The van der Waals surface area contributed by atoms with E-state index < -0.39 is 0 Å². The molecule has 2 aliphatic rings. The Morgan fingerprint density at radius 3 is 2.37 bits per heavy atom. The van der Waals surface area contributed by atoms with Crippen molar-refractivity contribution in [3.8, 4) is 0 Å². The topological polar surface area (TPSA) is 52.7 Å². The number of nitrogens with zero attached hydrogens (tertiary/aromatic N) is 2. The summed E-state index contributed by atoms with van der Waals surface area (Å²) >= 11 is 0. The van der Waals surface area contributed by atoms with E-state index >= 15 is 0 Å². The molecule has 1 heterocycles. The van der Waals surface area contributed by atoms with E-state index in [-0.39, 0.29) is 36.7 Å². The minimum absolute atomic E-state index is 0. The maximum atomic E-state index is 12.1. The van der Waals surface area contributed by atoms with E-state index in [0.29, 0.717) is 0 Å². The SMILES string of the molecule is CN(CC(=O)N1CCNCC1)C(=O)C1CCCC1.Cl. The smallest absolute Gasteiger partial charge is 0.242 e. The van der Waals surface area contributed by atoms with Gasteiger partial charge in [-0.05, 0) is 12.8 Å². The summed E-state index contributed by atoms with van der Waals surface area (Å²) in [5.41, 5.74) is 0. The van der Waals surface area contributed by atoms with Crippen LogP contribution in [0.15, 0.2) is 0 Å². The van der Waals surface area contributed by atoms with Gasteiger partial charge in [0.1, 0.15) is 0 Å². The summed E-state index contributed by atoms with van der Waals surface area (Å²) in [6, 6.07) is 0. The van der Waals surface area contributed by atoms with Crippen LogP contribution >= 0.6 is 12.4 Å². The van der Waals surface area contributed by atoms with Gasteiger partial charge >= 0.3 is 0 Å². The highest BCUT2D eigenvalue weighted by molar-refractivity contribution is 5.86. The zero-order valence-corrected chi connectivity index (χ0v) is 12.4. The number of nitrogens with one attached hydrogen (secondary N) is 1. The second kappa shape index (κ2) is 7.70. The van der Waals surface area contributed by atoms with Crippen molar-refractivity contribution in [2.45, 2.75) is 25.7 Å². The Balaban J connectivity index is 0.00000180. The van der Waals surface area contributed by atoms with E-state index in [0.717, 1.165) is 51.9 Å². The Morgan fingerprint density at radius 2 is 1.79 bits per heavy atom. The molecule has 0 aromatic heterocycles. The summed E-state index contributed by atoms with van der Waals surface area (Å²) in [6.45, 7) is 3.45. The second-order valence-corrected chi connectivity index (χ2v) is 5.31. The third-order valence-corrected chi connectivity index (χ3v) is 3.92. The highest BCUT2D eigenvalue weighted by Crippen LogP contribution is 2.26. The van der Waals surface area contributed by atoms with Crippen LogP contribution in [0.1, 0.15) is 25.7 Å². The Bertz CT molecular complexity index is 313. The zero-order chi connectivity index (χ0) is 13.0. The van der Waals surface area contributed by atoms with Crippen molar-refractivity contribution in [2.75, 3.05) is 39.8 Å². The van der Waals surface area contributed by atoms with Gasteiger partial charge in [0.25, 0.3) is 0 Å². The minimum atomic E-state index is 0. The largest absolute Gasteiger partial charge is 0.339 e. The van der Waals surface area contributed by atoms with Crippen LogP contribution in [0.4, 0.5) is 0 Å².